The maximum atomic E-state index is 10.5. The molecule has 0 spiro atoms. The Bertz CT molecular complexity index is 975. The number of nitrogens with zero attached hydrogens (tertiary/aromatic N) is 2. The largest absolute Gasteiger partial charge is 0.508 e. The van der Waals surface area contributed by atoms with Gasteiger partial charge in [0.05, 0.1) is 18.5 Å². The Kier molecular flexibility index (Phi) is 5.41. The molecule has 0 unspecified atom stereocenters. The van der Waals surface area contributed by atoms with Crippen molar-refractivity contribution in [3.05, 3.63) is 66.0 Å². The molecular formula is C22H22N2O3. The van der Waals surface area contributed by atoms with Gasteiger partial charge in [0.25, 0.3) is 0 Å². The smallest absolute Gasteiger partial charge is 0.128 e. The summed E-state index contributed by atoms with van der Waals surface area (Å²) in [4.78, 5) is 8.63. The van der Waals surface area contributed by atoms with Crippen molar-refractivity contribution in [3.63, 3.8) is 0 Å². The number of allylic oxidation sites excluding steroid dienone is 2. The Morgan fingerprint density at radius 3 is 2.37 bits per heavy atom. The molecule has 0 atom stereocenters. The van der Waals surface area contributed by atoms with Gasteiger partial charge in [-0.2, -0.15) is 0 Å². The third kappa shape index (κ3) is 4.26. The van der Waals surface area contributed by atoms with Gasteiger partial charge in [-0.25, -0.2) is 9.97 Å². The zero-order chi connectivity index (χ0) is 19.4. The molecule has 1 aromatic heterocycles. The molecule has 27 heavy (non-hydrogen) atoms. The Morgan fingerprint density at radius 2 is 1.70 bits per heavy atom. The normalized spacial score (nSPS) is 10.5. The lowest BCUT2D eigenvalue weighted by atomic mass is 10.0. The van der Waals surface area contributed by atoms with Crippen LogP contribution in [-0.4, -0.2) is 27.3 Å². The summed E-state index contributed by atoms with van der Waals surface area (Å²) in [6.07, 6.45) is 4.28. The molecule has 0 aliphatic rings. The van der Waals surface area contributed by atoms with Crippen LogP contribution in [0.15, 0.2) is 60.4 Å². The second-order valence-electron chi connectivity index (χ2n) is 6.50. The van der Waals surface area contributed by atoms with Crippen molar-refractivity contribution in [1.82, 2.24) is 9.97 Å². The van der Waals surface area contributed by atoms with Gasteiger partial charge in [-0.1, -0.05) is 11.6 Å². The van der Waals surface area contributed by atoms with Crippen LogP contribution in [0.1, 0.15) is 19.4 Å². The lowest BCUT2D eigenvalue weighted by molar-refractivity contribution is 0.404. The van der Waals surface area contributed by atoms with Gasteiger partial charge in [0.2, 0.25) is 0 Å². The summed E-state index contributed by atoms with van der Waals surface area (Å²) in [5.74, 6) is 0.939. The van der Waals surface area contributed by atoms with Gasteiger partial charge in [0, 0.05) is 17.2 Å². The van der Waals surface area contributed by atoms with Gasteiger partial charge in [-0.05, 0) is 62.2 Å². The van der Waals surface area contributed by atoms with Gasteiger partial charge in [-0.3, -0.25) is 0 Å². The van der Waals surface area contributed by atoms with Crippen LogP contribution in [0.2, 0.25) is 0 Å². The molecule has 1 heterocycles. The third-order valence-corrected chi connectivity index (χ3v) is 4.24. The molecule has 2 aromatic carbocycles. The second-order valence-corrected chi connectivity index (χ2v) is 6.50. The van der Waals surface area contributed by atoms with E-state index >= 15 is 0 Å². The van der Waals surface area contributed by atoms with Gasteiger partial charge < -0.3 is 14.9 Å². The molecule has 0 fully saturated rings. The van der Waals surface area contributed by atoms with Crippen LogP contribution in [0.25, 0.3) is 22.5 Å². The topological polar surface area (TPSA) is 75.5 Å². The minimum absolute atomic E-state index is 0.100. The number of rotatable bonds is 5. The van der Waals surface area contributed by atoms with E-state index in [1.165, 1.54) is 11.9 Å². The van der Waals surface area contributed by atoms with E-state index in [2.05, 4.69) is 16.0 Å². The van der Waals surface area contributed by atoms with Gasteiger partial charge in [0.15, 0.2) is 0 Å². The average Bonchev–Trinajstić information content (AvgIpc) is 2.67. The zero-order valence-electron chi connectivity index (χ0n) is 15.6. The van der Waals surface area contributed by atoms with E-state index in [9.17, 15) is 10.2 Å². The van der Waals surface area contributed by atoms with Gasteiger partial charge >= 0.3 is 0 Å². The number of aromatic hydroxyl groups is 2. The van der Waals surface area contributed by atoms with Crippen LogP contribution >= 0.6 is 0 Å². The van der Waals surface area contributed by atoms with Crippen molar-refractivity contribution in [2.24, 2.45) is 0 Å². The number of methoxy groups -OCH3 is 1. The van der Waals surface area contributed by atoms with Crippen molar-refractivity contribution in [1.29, 1.82) is 0 Å². The fourth-order valence-electron chi connectivity index (χ4n) is 2.78. The molecule has 0 saturated carbocycles. The fraction of sp³-hybridized carbons (Fsp3) is 0.182. The fourth-order valence-corrected chi connectivity index (χ4v) is 2.78. The van der Waals surface area contributed by atoms with Gasteiger partial charge in [-0.15, -0.1) is 0 Å². The standard InChI is InChI=1S/C22H22N2O3/c1-14(2)4-5-16-10-18(21(26)12-22(16)27-3)20-11-19(23-13-24-20)15-6-8-17(25)9-7-15/h4,6-13,25-26H,5H2,1-3H3. The molecule has 5 heteroatoms. The summed E-state index contributed by atoms with van der Waals surface area (Å²) >= 11 is 0. The molecule has 0 radical (unpaired) electrons. The average molecular weight is 362 g/mol. The van der Waals surface area contributed by atoms with Crippen LogP contribution in [0.3, 0.4) is 0 Å². The lowest BCUT2D eigenvalue weighted by Gasteiger charge is -2.12. The molecule has 0 aliphatic carbocycles. The first-order valence-corrected chi connectivity index (χ1v) is 8.63. The molecule has 2 N–H and O–H groups in total. The number of phenolic OH excluding ortho intramolecular Hbond substituents is 2. The Morgan fingerprint density at radius 1 is 1.00 bits per heavy atom. The molecule has 5 nitrogen and oxygen atoms in total. The monoisotopic (exact) mass is 362 g/mol. The highest BCUT2D eigenvalue weighted by molar-refractivity contribution is 5.73. The summed E-state index contributed by atoms with van der Waals surface area (Å²) < 4.78 is 5.41. The summed E-state index contributed by atoms with van der Waals surface area (Å²) in [7, 11) is 1.59. The van der Waals surface area contributed by atoms with Crippen LogP contribution < -0.4 is 4.74 Å². The maximum Gasteiger partial charge on any atom is 0.128 e. The highest BCUT2D eigenvalue weighted by atomic mass is 16.5. The number of benzene rings is 2. The molecule has 3 rings (SSSR count). The SMILES string of the molecule is COc1cc(O)c(-c2cc(-c3ccc(O)cc3)ncn2)cc1CC=C(C)C. The highest BCUT2D eigenvalue weighted by Crippen LogP contribution is 2.36. The first kappa shape index (κ1) is 18.5. The van der Waals surface area contributed by atoms with E-state index in [4.69, 9.17) is 4.74 Å². The lowest BCUT2D eigenvalue weighted by Crippen LogP contribution is -1.95. The van der Waals surface area contributed by atoms with Gasteiger partial charge in [0.1, 0.15) is 23.6 Å². The Hall–Kier alpha value is -3.34. The van der Waals surface area contributed by atoms with E-state index < -0.39 is 0 Å². The second kappa shape index (κ2) is 7.91. The van der Waals surface area contributed by atoms with E-state index in [0.29, 0.717) is 29.1 Å². The Balaban J connectivity index is 2.05. The summed E-state index contributed by atoms with van der Waals surface area (Å²) in [5.41, 5.74) is 4.98. The van der Waals surface area contributed by atoms with Crippen molar-refractivity contribution < 1.29 is 14.9 Å². The summed E-state index contributed by atoms with van der Waals surface area (Å²) in [6.45, 7) is 4.09. The molecule has 0 amide bonds. The molecule has 0 bridgehead atoms. The minimum Gasteiger partial charge on any atom is -0.508 e. The predicted molar refractivity (Wildman–Crippen MR) is 106 cm³/mol. The first-order valence-electron chi connectivity index (χ1n) is 8.63. The predicted octanol–water partition coefficient (Wildman–Crippen LogP) is 4.74. The highest BCUT2D eigenvalue weighted by Gasteiger charge is 2.13. The van der Waals surface area contributed by atoms with E-state index in [0.717, 1.165) is 11.1 Å². The molecule has 3 aromatic rings. The van der Waals surface area contributed by atoms with E-state index in [1.54, 1.807) is 37.4 Å². The third-order valence-electron chi connectivity index (χ3n) is 4.24. The molecular weight excluding hydrogens is 340 g/mol. The zero-order valence-corrected chi connectivity index (χ0v) is 15.6. The van der Waals surface area contributed by atoms with Crippen molar-refractivity contribution in [2.75, 3.05) is 7.11 Å². The Labute approximate surface area is 158 Å². The van der Waals surface area contributed by atoms with Crippen molar-refractivity contribution >= 4 is 0 Å². The number of ether oxygens (including phenoxy) is 1. The summed E-state index contributed by atoms with van der Waals surface area (Å²) in [6, 6.07) is 12.1. The van der Waals surface area contributed by atoms with Crippen LogP contribution in [0, 0.1) is 0 Å². The quantitative estimate of drug-likeness (QED) is 0.641. The van der Waals surface area contributed by atoms with Crippen molar-refractivity contribution in [2.45, 2.75) is 20.3 Å². The first-order chi connectivity index (χ1) is 13.0. The maximum absolute atomic E-state index is 10.5. The minimum atomic E-state index is 0.100. The molecule has 0 aliphatic heterocycles. The van der Waals surface area contributed by atoms with Crippen molar-refractivity contribution in [3.8, 4) is 39.8 Å². The number of aromatic nitrogens is 2. The van der Waals surface area contributed by atoms with Crippen LogP contribution in [0.5, 0.6) is 17.2 Å². The summed E-state index contributed by atoms with van der Waals surface area (Å²) in [5, 5.41) is 19.9. The molecule has 138 valence electrons. The number of phenols is 2. The van der Waals surface area contributed by atoms with Crippen LogP contribution in [-0.2, 0) is 6.42 Å². The van der Waals surface area contributed by atoms with Crippen LogP contribution in [0.4, 0.5) is 0 Å². The number of hydrogen-bond donors (Lipinski definition) is 2. The van der Waals surface area contributed by atoms with E-state index in [-0.39, 0.29) is 11.5 Å². The number of hydrogen-bond acceptors (Lipinski definition) is 5. The van der Waals surface area contributed by atoms with E-state index in [1.807, 2.05) is 26.0 Å². The molecule has 0 saturated heterocycles.